The first-order chi connectivity index (χ1) is 12.5. The van der Waals surface area contributed by atoms with Gasteiger partial charge in [0, 0.05) is 39.6 Å². The minimum Gasteiger partial charge on any atom is -0.378 e. The Kier molecular flexibility index (Phi) is 6.73. The average Bonchev–Trinajstić information content (AvgIpc) is 2.62. The van der Waals surface area contributed by atoms with Crippen LogP contribution in [0.25, 0.3) is 0 Å². The third kappa shape index (κ3) is 5.94. The molecule has 0 saturated carbocycles. The number of hydrazone groups is 2. The largest absolute Gasteiger partial charge is 0.378 e. The van der Waals surface area contributed by atoms with Gasteiger partial charge in [0.15, 0.2) is 0 Å². The van der Waals surface area contributed by atoms with Gasteiger partial charge in [0.05, 0.1) is 12.4 Å². The van der Waals surface area contributed by atoms with Crippen LogP contribution in [0.1, 0.15) is 11.1 Å². The SMILES string of the molecule is CN(C)c1ccc(C=NNC(=O)N/N=C/c2ccc(N(C)C)cc2)cc1. The number of nitrogens with one attached hydrogen (secondary N) is 2. The summed E-state index contributed by atoms with van der Waals surface area (Å²) in [6.45, 7) is 0. The maximum absolute atomic E-state index is 11.6. The molecule has 0 aliphatic heterocycles. The molecule has 136 valence electrons. The second-order valence-corrected chi connectivity index (χ2v) is 6.04. The Morgan fingerprint density at radius 3 is 1.38 bits per heavy atom. The molecule has 0 spiro atoms. The number of benzene rings is 2. The van der Waals surface area contributed by atoms with E-state index >= 15 is 0 Å². The van der Waals surface area contributed by atoms with Gasteiger partial charge in [0.2, 0.25) is 0 Å². The number of urea groups is 1. The van der Waals surface area contributed by atoms with E-state index < -0.39 is 6.03 Å². The smallest absolute Gasteiger partial charge is 0.355 e. The Hall–Kier alpha value is -3.35. The molecule has 0 heterocycles. The van der Waals surface area contributed by atoms with E-state index in [-0.39, 0.29) is 0 Å². The van der Waals surface area contributed by atoms with Crippen LogP contribution in [0, 0.1) is 0 Å². The molecule has 0 radical (unpaired) electrons. The molecule has 0 aliphatic rings. The monoisotopic (exact) mass is 352 g/mol. The van der Waals surface area contributed by atoms with E-state index in [0.29, 0.717) is 0 Å². The molecule has 0 bridgehead atoms. The molecule has 2 aromatic carbocycles. The summed E-state index contributed by atoms with van der Waals surface area (Å²) < 4.78 is 0. The standard InChI is InChI=1S/C19H24N6O/c1-24(2)17-9-5-15(6-10-17)13-20-22-19(26)23-21-14-16-7-11-18(12-8-16)25(3)4/h5-14H,1-4H3,(H2,22,23,26)/b20-13+,21-14?. The molecule has 0 aromatic heterocycles. The zero-order valence-corrected chi connectivity index (χ0v) is 15.5. The molecule has 2 N–H and O–H groups in total. The minimum absolute atomic E-state index is 0.507. The highest BCUT2D eigenvalue weighted by molar-refractivity contribution is 5.84. The van der Waals surface area contributed by atoms with Crippen LogP contribution < -0.4 is 20.7 Å². The number of amides is 2. The zero-order chi connectivity index (χ0) is 18.9. The first-order valence-electron chi connectivity index (χ1n) is 8.12. The fourth-order valence-corrected chi connectivity index (χ4v) is 2.07. The van der Waals surface area contributed by atoms with E-state index in [1.54, 1.807) is 12.4 Å². The van der Waals surface area contributed by atoms with E-state index in [4.69, 9.17) is 0 Å². The van der Waals surface area contributed by atoms with Crippen LogP contribution in [0.4, 0.5) is 16.2 Å². The number of carbonyl (C=O) groups excluding carboxylic acids is 1. The highest BCUT2D eigenvalue weighted by atomic mass is 16.2. The van der Waals surface area contributed by atoms with E-state index in [2.05, 4.69) is 21.1 Å². The van der Waals surface area contributed by atoms with Gasteiger partial charge in [0.1, 0.15) is 0 Å². The van der Waals surface area contributed by atoms with Crippen molar-refractivity contribution in [2.45, 2.75) is 0 Å². The highest BCUT2D eigenvalue weighted by Crippen LogP contribution is 2.11. The summed E-state index contributed by atoms with van der Waals surface area (Å²) >= 11 is 0. The average molecular weight is 352 g/mol. The Bertz CT molecular complexity index is 698. The van der Waals surface area contributed by atoms with Crippen molar-refractivity contribution in [1.29, 1.82) is 0 Å². The van der Waals surface area contributed by atoms with Crippen LogP contribution in [-0.4, -0.2) is 46.7 Å². The molecular formula is C19H24N6O. The number of hydrogen-bond acceptors (Lipinski definition) is 5. The molecule has 26 heavy (non-hydrogen) atoms. The fraction of sp³-hybridized carbons (Fsp3) is 0.211. The predicted octanol–water partition coefficient (Wildman–Crippen LogP) is 2.49. The van der Waals surface area contributed by atoms with Crippen LogP contribution in [0.5, 0.6) is 0 Å². The van der Waals surface area contributed by atoms with Crippen molar-refractivity contribution in [1.82, 2.24) is 10.9 Å². The maximum atomic E-state index is 11.6. The van der Waals surface area contributed by atoms with Crippen LogP contribution in [0.15, 0.2) is 58.7 Å². The molecule has 0 saturated heterocycles. The van der Waals surface area contributed by atoms with Crippen molar-refractivity contribution < 1.29 is 4.79 Å². The Balaban J connectivity index is 1.79. The van der Waals surface area contributed by atoms with E-state index in [0.717, 1.165) is 22.5 Å². The normalized spacial score (nSPS) is 10.9. The molecule has 0 atom stereocenters. The van der Waals surface area contributed by atoms with E-state index in [9.17, 15) is 4.79 Å². The first-order valence-corrected chi connectivity index (χ1v) is 8.12. The van der Waals surface area contributed by atoms with Gasteiger partial charge in [-0.2, -0.15) is 10.2 Å². The maximum Gasteiger partial charge on any atom is 0.355 e. The molecule has 7 heteroatoms. The fourth-order valence-electron chi connectivity index (χ4n) is 2.07. The minimum atomic E-state index is -0.507. The lowest BCUT2D eigenvalue weighted by molar-refractivity contribution is 0.242. The number of anilines is 2. The summed E-state index contributed by atoms with van der Waals surface area (Å²) in [6.07, 6.45) is 3.14. The lowest BCUT2D eigenvalue weighted by atomic mass is 10.2. The summed E-state index contributed by atoms with van der Waals surface area (Å²) in [6, 6.07) is 15.1. The van der Waals surface area contributed by atoms with Crippen molar-refractivity contribution in [3.05, 3.63) is 59.7 Å². The van der Waals surface area contributed by atoms with Gasteiger partial charge in [-0.3, -0.25) is 0 Å². The number of rotatable bonds is 6. The Morgan fingerprint density at radius 1 is 0.731 bits per heavy atom. The second kappa shape index (κ2) is 9.22. The van der Waals surface area contributed by atoms with Gasteiger partial charge >= 0.3 is 6.03 Å². The predicted molar refractivity (Wildman–Crippen MR) is 108 cm³/mol. The number of nitrogens with zero attached hydrogens (tertiary/aromatic N) is 4. The van der Waals surface area contributed by atoms with Gasteiger partial charge < -0.3 is 9.80 Å². The third-order valence-corrected chi connectivity index (χ3v) is 3.58. The molecule has 0 unspecified atom stereocenters. The first kappa shape index (κ1) is 19.0. The van der Waals surface area contributed by atoms with Crippen molar-refractivity contribution in [2.24, 2.45) is 10.2 Å². The van der Waals surface area contributed by atoms with Crippen molar-refractivity contribution in [3.8, 4) is 0 Å². The second-order valence-electron chi connectivity index (χ2n) is 6.04. The molecule has 2 amide bonds. The summed E-state index contributed by atoms with van der Waals surface area (Å²) in [5.41, 5.74) is 8.71. The van der Waals surface area contributed by atoms with Gasteiger partial charge in [0.25, 0.3) is 0 Å². The molecule has 7 nitrogen and oxygen atoms in total. The topological polar surface area (TPSA) is 72.3 Å². The van der Waals surface area contributed by atoms with Crippen LogP contribution in [-0.2, 0) is 0 Å². The quantitative estimate of drug-likeness (QED) is 0.620. The zero-order valence-electron chi connectivity index (χ0n) is 15.5. The van der Waals surface area contributed by atoms with Gasteiger partial charge in [-0.25, -0.2) is 15.6 Å². The lowest BCUT2D eigenvalue weighted by Gasteiger charge is -2.11. The van der Waals surface area contributed by atoms with Crippen molar-refractivity contribution >= 4 is 29.8 Å². The van der Waals surface area contributed by atoms with Gasteiger partial charge in [-0.1, -0.05) is 24.3 Å². The molecular weight excluding hydrogens is 328 g/mol. The van der Waals surface area contributed by atoms with Gasteiger partial charge in [-0.05, 0) is 35.4 Å². The molecule has 2 rings (SSSR count). The van der Waals surface area contributed by atoms with Crippen molar-refractivity contribution in [3.63, 3.8) is 0 Å². The Labute approximate surface area is 154 Å². The van der Waals surface area contributed by atoms with Gasteiger partial charge in [-0.15, -0.1) is 0 Å². The number of carbonyl (C=O) groups is 1. The third-order valence-electron chi connectivity index (χ3n) is 3.58. The van der Waals surface area contributed by atoms with Crippen molar-refractivity contribution in [2.75, 3.05) is 38.0 Å². The summed E-state index contributed by atoms with van der Waals surface area (Å²) in [7, 11) is 7.91. The van der Waals surface area contributed by atoms with E-state index in [1.165, 1.54) is 0 Å². The molecule has 0 aliphatic carbocycles. The van der Waals surface area contributed by atoms with Crippen LogP contribution in [0.2, 0.25) is 0 Å². The summed E-state index contributed by atoms with van der Waals surface area (Å²) in [4.78, 5) is 15.7. The van der Waals surface area contributed by atoms with Crippen LogP contribution in [0.3, 0.4) is 0 Å². The summed E-state index contributed by atoms with van der Waals surface area (Å²) in [5.74, 6) is 0. The Morgan fingerprint density at radius 2 is 1.08 bits per heavy atom. The lowest BCUT2D eigenvalue weighted by Crippen LogP contribution is -2.28. The van der Waals surface area contributed by atoms with Crippen LogP contribution >= 0.6 is 0 Å². The number of hydrogen-bond donors (Lipinski definition) is 2. The van der Waals surface area contributed by atoms with E-state index in [1.807, 2.05) is 86.5 Å². The molecule has 2 aromatic rings. The highest BCUT2D eigenvalue weighted by Gasteiger charge is 1.97. The summed E-state index contributed by atoms with van der Waals surface area (Å²) in [5, 5.41) is 7.79. The molecule has 0 fully saturated rings.